The van der Waals surface area contributed by atoms with Crippen LogP contribution in [0.5, 0.6) is 0 Å². The predicted octanol–water partition coefficient (Wildman–Crippen LogP) is 3.96. The first-order valence-electron chi connectivity index (χ1n) is 9.62. The lowest BCUT2D eigenvalue weighted by Crippen LogP contribution is -2.28. The number of aryl methyl sites for hydroxylation is 4. The Morgan fingerprint density at radius 2 is 2.00 bits per heavy atom. The second-order valence-electron chi connectivity index (χ2n) is 7.43. The van der Waals surface area contributed by atoms with E-state index in [2.05, 4.69) is 58.7 Å². The molecule has 0 spiro atoms. The highest BCUT2D eigenvalue weighted by Gasteiger charge is 2.18. The van der Waals surface area contributed by atoms with E-state index in [0.717, 1.165) is 22.0 Å². The lowest BCUT2D eigenvalue weighted by atomic mass is 10.1. The molecule has 0 bridgehead atoms. The summed E-state index contributed by atoms with van der Waals surface area (Å²) >= 11 is 3.06. The van der Waals surface area contributed by atoms with Gasteiger partial charge in [-0.25, -0.2) is 4.98 Å². The van der Waals surface area contributed by atoms with Crippen LogP contribution in [0.3, 0.4) is 0 Å². The molecule has 4 rings (SSSR count). The topological polar surface area (TPSA) is 68.3 Å². The molecule has 3 heterocycles. The van der Waals surface area contributed by atoms with Crippen LogP contribution >= 0.6 is 23.1 Å². The van der Waals surface area contributed by atoms with Crippen LogP contribution in [0.1, 0.15) is 27.4 Å². The fraction of sp³-hybridized carbons (Fsp3) is 0.333. The maximum Gasteiger partial charge on any atom is 0.233 e. The number of amides is 1. The largest absolute Gasteiger partial charge is 0.339 e. The minimum atomic E-state index is 0.0379. The molecular formula is C21H24N6OS2. The number of thiazole rings is 1. The quantitative estimate of drug-likeness (QED) is 0.425. The number of fused-ring (bicyclic) bond motifs is 1. The van der Waals surface area contributed by atoms with Gasteiger partial charge in [0.15, 0.2) is 10.1 Å². The highest BCUT2D eigenvalue weighted by atomic mass is 32.2. The van der Waals surface area contributed by atoms with Gasteiger partial charge in [0.1, 0.15) is 6.33 Å². The number of imidazole rings is 1. The van der Waals surface area contributed by atoms with Gasteiger partial charge >= 0.3 is 0 Å². The van der Waals surface area contributed by atoms with Gasteiger partial charge in [-0.15, -0.1) is 21.5 Å². The van der Waals surface area contributed by atoms with Crippen LogP contribution in [0.15, 0.2) is 35.9 Å². The highest BCUT2D eigenvalue weighted by Crippen LogP contribution is 2.23. The summed E-state index contributed by atoms with van der Waals surface area (Å²) in [6, 6.07) is 6.23. The van der Waals surface area contributed by atoms with Gasteiger partial charge in [-0.05, 0) is 51.0 Å². The van der Waals surface area contributed by atoms with E-state index in [4.69, 9.17) is 0 Å². The first-order chi connectivity index (χ1) is 14.3. The smallest absolute Gasteiger partial charge is 0.233 e. The monoisotopic (exact) mass is 440 g/mol. The lowest BCUT2D eigenvalue weighted by Gasteiger charge is -2.17. The zero-order chi connectivity index (χ0) is 21.4. The third-order valence-corrected chi connectivity index (χ3v) is 6.99. The van der Waals surface area contributed by atoms with Crippen molar-refractivity contribution in [2.24, 2.45) is 0 Å². The molecule has 4 aromatic rings. The Kier molecular flexibility index (Phi) is 5.66. The molecule has 7 nitrogen and oxygen atoms in total. The van der Waals surface area contributed by atoms with Crippen molar-refractivity contribution in [2.45, 2.75) is 39.4 Å². The molecule has 0 N–H and O–H groups in total. The number of benzene rings is 1. The van der Waals surface area contributed by atoms with E-state index in [1.807, 2.05) is 24.6 Å². The number of nitrogens with zero attached hydrogens (tertiary/aromatic N) is 6. The van der Waals surface area contributed by atoms with E-state index in [0.29, 0.717) is 17.5 Å². The maximum absolute atomic E-state index is 12.8. The van der Waals surface area contributed by atoms with Gasteiger partial charge in [-0.1, -0.05) is 17.8 Å². The standard InChI is InChI=1S/C21H24N6OS2/c1-13-6-7-17(8-14(13)2)27-12-22-24-21(27)29-11-19(28)25(5)10-18-16(4)23-20-26(18)9-15(3)30-20/h6-9,12H,10-11H2,1-5H3. The number of hydrogen-bond acceptors (Lipinski definition) is 6. The minimum Gasteiger partial charge on any atom is -0.339 e. The summed E-state index contributed by atoms with van der Waals surface area (Å²) in [6.45, 7) is 8.74. The first-order valence-corrected chi connectivity index (χ1v) is 11.4. The molecule has 0 fully saturated rings. The van der Waals surface area contributed by atoms with Crippen molar-refractivity contribution in [3.8, 4) is 5.69 Å². The Labute approximate surface area is 183 Å². The number of aromatic nitrogens is 5. The van der Waals surface area contributed by atoms with Crippen LogP contribution in [-0.4, -0.2) is 47.8 Å². The summed E-state index contributed by atoms with van der Waals surface area (Å²) in [5.41, 5.74) is 5.45. The second kappa shape index (κ2) is 8.23. The van der Waals surface area contributed by atoms with Gasteiger partial charge < -0.3 is 4.90 Å². The lowest BCUT2D eigenvalue weighted by molar-refractivity contribution is -0.127. The normalized spacial score (nSPS) is 11.4. The molecule has 0 atom stereocenters. The number of thioether (sulfide) groups is 1. The van der Waals surface area contributed by atoms with E-state index in [1.165, 1.54) is 27.8 Å². The fourth-order valence-electron chi connectivity index (χ4n) is 3.22. The number of hydrogen-bond donors (Lipinski definition) is 0. The molecule has 0 radical (unpaired) electrons. The van der Waals surface area contributed by atoms with Crippen LogP contribution in [0.4, 0.5) is 0 Å². The van der Waals surface area contributed by atoms with Crippen molar-refractivity contribution >= 4 is 34.0 Å². The maximum atomic E-state index is 12.8. The molecule has 0 aliphatic heterocycles. The summed E-state index contributed by atoms with van der Waals surface area (Å²) in [5, 5.41) is 8.95. The molecule has 1 amide bonds. The third kappa shape index (κ3) is 3.99. The Balaban J connectivity index is 1.44. The Hall–Kier alpha value is -2.65. The van der Waals surface area contributed by atoms with Crippen LogP contribution in [0, 0.1) is 27.7 Å². The molecule has 0 saturated carbocycles. The molecule has 156 valence electrons. The first kappa shape index (κ1) is 20.6. The SMILES string of the molecule is Cc1cn2c(CN(C)C(=O)CSc3nncn3-c3ccc(C)c(C)c3)c(C)nc2s1. The summed E-state index contributed by atoms with van der Waals surface area (Å²) in [7, 11) is 1.83. The highest BCUT2D eigenvalue weighted by molar-refractivity contribution is 7.99. The predicted molar refractivity (Wildman–Crippen MR) is 121 cm³/mol. The van der Waals surface area contributed by atoms with Gasteiger partial charge in [0, 0.05) is 23.8 Å². The van der Waals surface area contributed by atoms with Crippen LogP contribution < -0.4 is 0 Å². The van der Waals surface area contributed by atoms with Crippen molar-refractivity contribution in [3.05, 3.63) is 58.1 Å². The van der Waals surface area contributed by atoms with Gasteiger partial charge in [-0.2, -0.15) is 0 Å². The fourth-order valence-corrected chi connectivity index (χ4v) is 4.98. The Morgan fingerprint density at radius 3 is 2.77 bits per heavy atom. The average molecular weight is 441 g/mol. The van der Waals surface area contributed by atoms with Crippen molar-refractivity contribution in [1.82, 2.24) is 29.0 Å². The van der Waals surface area contributed by atoms with Crippen molar-refractivity contribution in [1.29, 1.82) is 0 Å². The van der Waals surface area contributed by atoms with Gasteiger partial charge in [0.25, 0.3) is 0 Å². The van der Waals surface area contributed by atoms with E-state index in [-0.39, 0.29) is 5.91 Å². The molecule has 0 aliphatic carbocycles. The minimum absolute atomic E-state index is 0.0379. The summed E-state index contributed by atoms with van der Waals surface area (Å²) in [4.78, 5) is 21.3. The van der Waals surface area contributed by atoms with Crippen molar-refractivity contribution in [2.75, 3.05) is 12.8 Å². The third-order valence-electron chi connectivity index (χ3n) is 5.16. The zero-order valence-electron chi connectivity index (χ0n) is 17.7. The van der Waals surface area contributed by atoms with E-state index >= 15 is 0 Å². The molecule has 30 heavy (non-hydrogen) atoms. The summed E-state index contributed by atoms with van der Waals surface area (Å²) < 4.78 is 4.01. The molecule has 1 aromatic carbocycles. The van der Waals surface area contributed by atoms with Crippen molar-refractivity contribution < 1.29 is 4.79 Å². The second-order valence-corrected chi connectivity index (χ2v) is 9.58. The van der Waals surface area contributed by atoms with Gasteiger partial charge in [0.05, 0.1) is 23.7 Å². The molecule has 0 saturated heterocycles. The van der Waals surface area contributed by atoms with E-state index in [1.54, 1.807) is 22.6 Å². The average Bonchev–Trinajstić information content (AvgIpc) is 3.38. The van der Waals surface area contributed by atoms with Crippen molar-refractivity contribution in [3.63, 3.8) is 0 Å². The Morgan fingerprint density at radius 1 is 1.20 bits per heavy atom. The number of rotatable bonds is 6. The molecular weight excluding hydrogens is 416 g/mol. The summed E-state index contributed by atoms with van der Waals surface area (Å²) in [5.74, 6) is 0.333. The van der Waals surface area contributed by atoms with E-state index < -0.39 is 0 Å². The molecule has 0 unspecified atom stereocenters. The van der Waals surface area contributed by atoms with Gasteiger partial charge in [0.2, 0.25) is 5.91 Å². The summed E-state index contributed by atoms with van der Waals surface area (Å²) in [6.07, 6.45) is 3.76. The van der Waals surface area contributed by atoms with Gasteiger partial charge in [-0.3, -0.25) is 13.8 Å². The molecule has 3 aromatic heterocycles. The molecule has 0 aliphatic rings. The van der Waals surface area contributed by atoms with Crippen LogP contribution in [0.25, 0.3) is 10.6 Å². The number of carbonyl (C=O) groups is 1. The van der Waals surface area contributed by atoms with E-state index in [9.17, 15) is 4.79 Å². The Bertz CT molecular complexity index is 1220. The molecule has 9 heteroatoms. The van der Waals surface area contributed by atoms with Crippen LogP contribution in [0.2, 0.25) is 0 Å². The zero-order valence-corrected chi connectivity index (χ0v) is 19.3. The number of carbonyl (C=O) groups excluding carboxylic acids is 1. The van der Waals surface area contributed by atoms with Crippen LogP contribution in [-0.2, 0) is 11.3 Å².